The fraction of sp³-hybridized carbons (Fsp3) is 0.917. The summed E-state index contributed by atoms with van der Waals surface area (Å²) in [7, 11) is 1.99. The molecule has 0 bridgehead atoms. The first-order valence-electron chi connectivity index (χ1n) is 6.32. The van der Waals surface area contributed by atoms with Gasteiger partial charge in [-0.1, -0.05) is 0 Å². The van der Waals surface area contributed by atoms with E-state index in [4.69, 9.17) is 4.74 Å². The monoisotopic (exact) mass is 226 g/mol. The molecule has 2 aliphatic heterocycles. The summed E-state index contributed by atoms with van der Waals surface area (Å²) in [5.74, 6) is 0.207. The lowest BCUT2D eigenvalue weighted by atomic mass is 10.0. The number of nitrogens with one attached hydrogen (secondary N) is 1. The first-order chi connectivity index (χ1) is 7.70. The normalized spacial score (nSPS) is 32.0. The van der Waals surface area contributed by atoms with Crippen LogP contribution in [0.25, 0.3) is 0 Å². The van der Waals surface area contributed by atoms with Crippen molar-refractivity contribution in [3.8, 4) is 0 Å². The molecular weight excluding hydrogens is 204 g/mol. The predicted molar refractivity (Wildman–Crippen MR) is 62.2 cm³/mol. The second kappa shape index (κ2) is 5.15. The third kappa shape index (κ3) is 2.55. The topological polar surface area (TPSA) is 41.6 Å². The van der Waals surface area contributed by atoms with Crippen molar-refractivity contribution in [2.75, 3.05) is 20.1 Å². The van der Waals surface area contributed by atoms with Gasteiger partial charge in [-0.2, -0.15) is 0 Å². The lowest BCUT2D eigenvalue weighted by Gasteiger charge is -2.33. The summed E-state index contributed by atoms with van der Waals surface area (Å²) in [4.78, 5) is 14.1. The van der Waals surface area contributed by atoms with Gasteiger partial charge in [-0.3, -0.25) is 4.79 Å². The molecule has 0 aromatic rings. The van der Waals surface area contributed by atoms with E-state index in [1.807, 2.05) is 18.9 Å². The second-order valence-electron chi connectivity index (χ2n) is 4.90. The molecule has 0 saturated carbocycles. The minimum atomic E-state index is -0.166. The molecule has 0 aliphatic carbocycles. The molecule has 2 heterocycles. The number of likely N-dealkylation sites (tertiary alicyclic amines) is 1. The van der Waals surface area contributed by atoms with E-state index in [0.717, 1.165) is 38.8 Å². The van der Waals surface area contributed by atoms with Crippen LogP contribution in [-0.4, -0.2) is 49.2 Å². The van der Waals surface area contributed by atoms with Crippen molar-refractivity contribution in [3.63, 3.8) is 0 Å². The minimum Gasteiger partial charge on any atom is -0.365 e. The Balaban J connectivity index is 1.82. The fourth-order valence-corrected chi connectivity index (χ4v) is 2.58. The van der Waals surface area contributed by atoms with E-state index in [9.17, 15) is 4.79 Å². The molecule has 1 N–H and O–H groups in total. The van der Waals surface area contributed by atoms with Gasteiger partial charge in [-0.05, 0) is 39.7 Å². The SMILES string of the molecule is CNC1CCN(C(=O)C2CCC(C)O2)CC1. The summed E-state index contributed by atoms with van der Waals surface area (Å²) in [5, 5.41) is 3.27. The molecule has 0 radical (unpaired) electrons. The van der Waals surface area contributed by atoms with Crippen LogP contribution in [0.4, 0.5) is 0 Å². The zero-order valence-electron chi connectivity index (χ0n) is 10.2. The largest absolute Gasteiger partial charge is 0.365 e. The van der Waals surface area contributed by atoms with Crippen LogP contribution in [0, 0.1) is 0 Å². The summed E-state index contributed by atoms with van der Waals surface area (Å²) < 4.78 is 5.62. The number of piperidine rings is 1. The molecule has 0 aromatic heterocycles. The highest BCUT2D eigenvalue weighted by Gasteiger charge is 2.32. The van der Waals surface area contributed by atoms with Crippen LogP contribution in [0.1, 0.15) is 32.6 Å². The van der Waals surface area contributed by atoms with Gasteiger partial charge in [0.1, 0.15) is 6.10 Å². The van der Waals surface area contributed by atoms with Gasteiger partial charge in [-0.25, -0.2) is 0 Å². The lowest BCUT2D eigenvalue weighted by molar-refractivity contribution is -0.143. The number of ether oxygens (including phenoxy) is 1. The van der Waals surface area contributed by atoms with Crippen molar-refractivity contribution >= 4 is 5.91 Å². The van der Waals surface area contributed by atoms with Crippen molar-refractivity contribution in [3.05, 3.63) is 0 Å². The van der Waals surface area contributed by atoms with Gasteiger partial charge in [0.05, 0.1) is 6.10 Å². The Morgan fingerprint density at radius 3 is 2.44 bits per heavy atom. The molecule has 0 spiro atoms. The van der Waals surface area contributed by atoms with Crippen molar-refractivity contribution in [2.45, 2.75) is 50.9 Å². The number of nitrogens with zero attached hydrogens (tertiary/aromatic N) is 1. The van der Waals surface area contributed by atoms with Gasteiger partial charge in [0.15, 0.2) is 0 Å². The summed E-state index contributed by atoms with van der Waals surface area (Å²) >= 11 is 0. The van der Waals surface area contributed by atoms with Crippen molar-refractivity contribution in [2.24, 2.45) is 0 Å². The lowest BCUT2D eigenvalue weighted by Crippen LogP contribution is -2.47. The zero-order valence-corrected chi connectivity index (χ0v) is 10.2. The fourth-order valence-electron chi connectivity index (χ4n) is 2.58. The molecule has 2 atom stereocenters. The third-order valence-corrected chi connectivity index (χ3v) is 3.72. The highest BCUT2D eigenvalue weighted by molar-refractivity contribution is 5.81. The van der Waals surface area contributed by atoms with Gasteiger partial charge in [0.2, 0.25) is 0 Å². The van der Waals surface area contributed by atoms with E-state index in [2.05, 4.69) is 5.32 Å². The third-order valence-electron chi connectivity index (χ3n) is 3.72. The Labute approximate surface area is 97.3 Å². The van der Waals surface area contributed by atoms with Gasteiger partial charge >= 0.3 is 0 Å². The smallest absolute Gasteiger partial charge is 0.251 e. The van der Waals surface area contributed by atoms with E-state index in [-0.39, 0.29) is 18.1 Å². The minimum absolute atomic E-state index is 0.166. The van der Waals surface area contributed by atoms with Crippen LogP contribution in [0.2, 0.25) is 0 Å². The van der Waals surface area contributed by atoms with Gasteiger partial charge < -0.3 is 15.0 Å². The van der Waals surface area contributed by atoms with E-state index in [1.54, 1.807) is 0 Å². The van der Waals surface area contributed by atoms with E-state index in [0.29, 0.717) is 6.04 Å². The molecule has 16 heavy (non-hydrogen) atoms. The zero-order chi connectivity index (χ0) is 11.5. The molecule has 2 saturated heterocycles. The number of rotatable bonds is 2. The number of hydrogen-bond acceptors (Lipinski definition) is 3. The number of carbonyl (C=O) groups excluding carboxylic acids is 1. The average molecular weight is 226 g/mol. The van der Waals surface area contributed by atoms with E-state index >= 15 is 0 Å². The molecule has 2 rings (SSSR count). The molecular formula is C12H22N2O2. The highest BCUT2D eigenvalue weighted by atomic mass is 16.5. The van der Waals surface area contributed by atoms with Gasteiger partial charge in [0, 0.05) is 19.1 Å². The quantitative estimate of drug-likeness (QED) is 0.756. The maximum absolute atomic E-state index is 12.1. The van der Waals surface area contributed by atoms with Crippen LogP contribution >= 0.6 is 0 Å². The number of carbonyl (C=O) groups is 1. The van der Waals surface area contributed by atoms with Crippen molar-refractivity contribution in [1.82, 2.24) is 10.2 Å². The van der Waals surface area contributed by atoms with Crippen LogP contribution < -0.4 is 5.32 Å². The van der Waals surface area contributed by atoms with Crippen LogP contribution in [0.5, 0.6) is 0 Å². The van der Waals surface area contributed by atoms with E-state index in [1.165, 1.54) is 0 Å². The van der Waals surface area contributed by atoms with Crippen molar-refractivity contribution < 1.29 is 9.53 Å². The summed E-state index contributed by atoms with van der Waals surface area (Å²) in [6.45, 7) is 3.79. The number of hydrogen-bond donors (Lipinski definition) is 1. The van der Waals surface area contributed by atoms with Crippen LogP contribution in [0.3, 0.4) is 0 Å². The maximum atomic E-state index is 12.1. The predicted octanol–water partition coefficient (Wildman–Crippen LogP) is 0.764. The first-order valence-corrected chi connectivity index (χ1v) is 6.32. The Morgan fingerprint density at radius 2 is 1.94 bits per heavy atom. The Kier molecular flexibility index (Phi) is 3.82. The molecule has 1 amide bonds. The second-order valence-corrected chi connectivity index (χ2v) is 4.90. The molecule has 2 unspecified atom stereocenters. The highest BCUT2D eigenvalue weighted by Crippen LogP contribution is 2.22. The first kappa shape index (κ1) is 11.9. The van der Waals surface area contributed by atoms with Crippen LogP contribution in [-0.2, 0) is 9.53 Å². The van der Waals surface area contributed by atoms with Gasteiger partial charge in [0.25, 0.3) is 5.91 Å². The van der Waals surface area contributed by atoms with E-state index < -0.39 is 0 Å². The Bertz CT molecular complexity index is 249. The molecule has 4 heteroatoms. The maximum Gasteiger partial charge on any atom is 0.251 e. The molecule has 92 valence electrons. The molecule has 0 aromatic carbocycles. The van der Waals surface area contributed by atoms with Crippen molar-refractivity contribution in [1.29, 1.82) is 0 Å². The number of amides is 1. The molecule has 4 nitrogen and oxygen atoms in total. The Morgan fingerprint density at radius 1 is 1.25 bits per heavy atom. The standard InChI is InChI=1S/C12H22N2O2/c1-9-3-4-11(16-9)12(15)14-7-5-10(13-2)6-8-14/h9-11,13H,3-8H2,1-2H3. The van der Waals surface area contributed by atoms with Gasteiger partial charge in [-0.15, -0.1) is 0 Å². The average Bonchev–Trinajstić information content (AvgIpc) is 2.75. The summed E-state index contributed by atoms with van der Waals surface area (Å²) in [5.41, 5.74) is 0. The summed E-state index contributed by atoms with van der Waals surface area (Å²) in [6, 6.07) is 0.576. The molecule has 2 fully saturated rings. The Hall–Kier alpha value is -0.610. The molecule has 2 aliphatic rings. The summed E-state index contributed by atoms with van der Waals surface area (Å²) in [6.07, 6.45) is 4.12. The van der Waals surface area contributed by atoms with Crippen LogP contribution in [0.15, 0.2) is 0 Å².